The van der Waals surface area contributed by atoms with Crippen molar-refractivity contribution in [2.75, 3.05) is 13.1 Å². The first-order chi connectivity index (χ1) is 9.08. The molecule has 0 aliphatic carbocycles. The lowest BCUT2D eigenvalue weighted by molar-refractivity contribution is -0.385. The van der Waals surface area contributed by atoms with E-state index in [9.17, 15) is 20.0 Å². The Balaban J connectivity index is 2.06. The monoisotopic (exact) mass is 265 g/mol. The number of nitro groups is 1. The van der Waals surface area contributed by atoms with Gasteiger partial charge in [0.05, 0.1) is 4.92 Å². The molecule has 1 amide bonds. The first-order valence-corrected chi connectivity index (χ1v) is 6.07. The fourth-order valence-corrected chi connectivity index (χ4v) is 2.06. The zero-order valence-corrected chi connectivity index (χ0v) is 10.3. The molecule has 1 fully saturated rings. The highest BCUT2D eigenvalue weighted by Gasteiger charge is 2.19. The molecule has 0 aromatic heterocycles. The van der Waals surface area contributed by atoms with E-state index < -0.39 is 16.4 Å². The number of nitrogens with one attached hydrogen (secondary N) is 2. The zero-order chi connectivity index (χ0) is 13.8. The van der Waals surface area contributed by atoms with Crippen LogP contribution in [0.25, 0.3) is 0 Å². The van der Waals surface area contributed by atoms with Gasteiger partial charge >= 0.3 is 5.69 Å². The van der Waals surface area contributed by atoms with Gasteiger partial charge in [0.15, 0.2) is 5.75 Å². The molecule has 0 spiro atoms. The third-order valence-electron chi connectivity index (χ3n) is 3.07. The number of aromatic hydroxyl groups is 1. The van der Waals surface area contributed by atoms with E-state index in [1.165, 1.54) is 6.07 Å². The summed E-state index contributed by atoms with van der Waals surface area (Å²) in [5, 5.41) is 26.0. The van der Waals surface area contributed by atoms with Gasteiger partial charge in [-0.2, -0.15) is 0 Å². The first kappa shape index (κ1) is 13.3. The Morgan fingerprint density at radius 2 is 2.32 bits per heavy atom. The second-order valence-electron chi connectivity index (χ2n) is 4.48. The van der Waals surface area contributed by atoms with Crippen LogP contribution in [0.5, 0.6) is 5.75 Å². The second-order valence-corrected chi connectivity index (χ2v) is 4.48. The molecule has 0 saturated carbocycles. The van der Waals surface area contributed by atoms with Gasteiger partial charge in [0.25, 0.3) is 5.91 Å². The largest absolute Gasteiger partial charge is 0.502 e. The average Bonchev–Trinajstić information content (AvgIpc) is 2.39. The van der Waals surface area contributed by atoms with Crippen LogP contribution in [0.4, 0.5) is 5.69 Å². The Kier molecular flexibility index (Phi) is 3.96. The minimum atomic E-state index is -0.692. The quantitative estimate of drug-likeness (QED) is 0.553. The predicted octanol–water partition coefficient (Wildman–Crippen LogP) is 0.782. The van der Waals surface area contributed by atoms with Gasteiger partial charge in [0.1, 0.15) is 0 Å². The molecule has 7 nitrogen and oxygen atoms in total. The SMILES string of the molecule is O=C(NC1CCCNC1)c1ccc([N+](=O)[O-])c(O)c1. The number of nitrogens with zero attached hydrogens (tertiary/aromatic N) is 1. The van der Waals surface area contributed by atoms with Gasteiger partial charge in [-0.1, -0.05) is 0 Å². The van der Waals surface area contributed by atoms with Crippen LogP contribution >= 0.6 is 0 Å². The minimum Gasteiger partial charge on any atom is -0.502 e. The Morgan fingerprint density at radius 1 is 1.53 bits per heavy atom. The molecule has 1 aliphatic rings. The molecule has 19 heavy (non-hydrogen) atoms. The van der Waals surface area contributed by atoms with E-state index in [1.807, 2.05) is 0 Å². The van der Waals surface area contributed by atoms with Crippen molar-refractivity contribution in [3.8, 4) is 5.75 Å². The molecule has 1 heterocycles. The number of piperidine rings is 1. The van der Waals surface area contributed by atoms with Crippen LogP contribution in [0, 0.1) is 10.1 Å². The van der Waals surface area contributed by atoms with Crippen molar-refractivity contribution in [1.29, 1.82) is 0 Å². The number of rotatable bonds is 3. The molecule has 3 N–H and O–H groups in total. The number of benzene rings is 1. The van der Waals surface area contributed by atoms with Crippen molar-refractivity contribution in [3.05, 3.63) is 33.9 Å². The summed E-state index contributed by atoms with van der Waals surface area (Å²) in [5.41, 5.74) is -0.190. The molecule has 1 atom stereocenters. The highest BCUT2D eigenvalue weighted by atomic mass is 16.6. The molecular formula is C12H15N3O4. The van der Waals surface area contributed by atoms with Crippen LogP contribution in [0.1, 0.15) is 23.2 Å². The van der Waals surface area contributed by atoms with E-state index in [2.05, 4.69) is 10.6 Å². The molecular weight excluding hydrogens is 250 g/mol. The Bertz CT molecular complexity index is 498. The summed E-state index contributed by atoms with van der Waals surface area (Å²) in [6.07, 6.45) is 1.90. The number of phenolic OH excluding ortho intramolecular Hbond substituents is 1. The molecule has 1 saturated heterocycles. The molecule has 2 rings (SSSR count). The Morgan fingerprint density at radius 3 is 2.89 bits per heavy atom. The molecule has 102 valence electrons. The van der Waals surface area contributed by atoms with E-state index in [0.717, 1.165) is 31.5 Å². The van der Waals surface area contributed by atoms with Crippen LogP contribution in [0.15, 0.2) is 18.2 Å². The zero-order valence-electron chi connectivity index (χ0n) is 10.3. The van der Waals surface area contributed by atoms with E-state index in [0.29, 0.717) is 6.54 Å². The lowest BCUT2D eigenvalue weighted by Crippen LogP contribution is -2.45. The maximum Gasteiger partial charge on any atom is 0.310 e. The summed E-state index contributed by atoms with van der Waals surface area (Å²) in [4.78, 5) is 21.8. The molecule has 0 bridgehead atoms. The number of carbonyl (C=O) groups excluding carboxylic acids is 1. The van der Waals surface area contributed by atoms with Crippen molar-refractivity contribution in [1.82, 2.24) is 10.6 Å². The summed E-state index contributed by atoms with van der Waals surface area (Å²) in [6, 6.07) is 3.63. The third kappa shape index (κ3) is 3.19. The molecule has 1 aromatic rings. The summed E-state index contributed by atoms with van der Waals surface area (Å²) < 4.78 is 0. The van der Waals surface area contributed by atoms with Gasteiger partial charge < -0.3 is 15.7 Å². The number of phenols is 1. The summed E-state index contributed by atoms with van der Waals surface area (Å²) in [7, 11) is 0. The fourth-order valence-electron chi connectivity index (χ4n) is 2.06. The first-order valence-electron chi connectivity index (χ1n) is 6.07. The van der Waals surface area contributed by atoms with Gasteiger partial charge in [-0.05, 0) is 31.5 Å². The van der Waals surface area contributed by atoms with Crippen LogP contribution in [0.2, 0.25) is 0 Å². The highest BCUT2D eigenvalue weighted by molar-refractivity contribution is 5.95. The molecule has 1 unspecified atom stereocenters. The topological polar surface area (TPSA) is 104 Å². The van der Waals surface area contributed by atoms with Gasteiger partial charge in [-0.15, -0.1) is 0 Å². The lowest BCUT2D eigenvalue weighted by atomic mass is 10.1. The smallest absolute Gasteiger partial charge is 0.310 e. The molecule has 7 heteroatoms. The summed E-state index contributed by atoms with van der Waals surface area (Å²) in [6.45, 7) is 1.66. The van der Waals surface area contributed by atoms with Gasteiger partial charge in [-0.3, -0.25) is 14.9 Å². The lowest BCUT2D eigenvalue weighted by Gasteiger charge is -2.23. The fraction of sp³-hybridized carbons (Fsp3) is 0.417. The van der Waals surface area contributed by atoms with E-state index in [1.54, 1.807) is 0 Å². The number of carbonyl (C=O) groups is 1. The number of amides is 1. The normalized spacial score (nSPS) is 18.8. The van der Waals surface area contributed by atoms with E-state index in [4.69, 9.17) is 0 Å². The standard InChI is InChI=1S/C12H15N3O4/c16-11-6-8(3-4-10(11)15(18)19)12(17)14-9-2-1-5-13-7-9/h3-4,6,9,13,16H,1-2,5,7H2,(H,14,17). The van der Waals surface area contributed by atoms with E-state index >= 15 is 0 Å². The Hall–Kier alpha value is -2.15. The van der Waals surface area contributed by atoms with Crippen molar-refractivity contribution in [2.24, 2.45) is 0 Å². The number of nitro benzene ring substituents is 1. The van der Waals surface area contributed by atoms with Crippen molar-refractivity contribution < 1.29 is 14.8 Å². The van der Waals surface area contributed by atoms with E-state index in [-0.39, 0.29) is 17.5 Å². The predicted molar refractivity (Wildman–Crippen MR) is 68.1 cm³/mol. The van der Waals surface area contributed by atoms with Crippen LogP contribution in [-0.4, -0.2) is 35.1 Å². The van der Waals surface area contributed by atoms with Crippen LogP contribution in [-0.2, 0) is 0 Å². The molecule has 1 aromatic carbocycles. The highest BCUT2D eigenvalue weighted by Crippen LogP contribution is 2.26. The van der Waals surface area contributed by atoms with Crippen molar-refractivity contribution >= 4 is 11.6 Å². The number of hydrogen-bond acceptors (Lipinski definition) is 5. The summed E-state index contributed by atoms with van der Waals surface area (Å²) >= 11 is 0. The van der Waals surface area contributed by atoms with Gasteiger partial charge in [0, 0.05) is 24.2 Å². The Labute approximate surface area is 109 Å². The summed E-state index contributed by atoms with van der Waals surface area (Å²) in [5.74, 6) is -0.835. The maximum atomic E-state index is 11.9. The number of hydrogen-bond donors (Lipinski definition) is 3. The van der Waals surface area contributed by atoms with Crippen molar-refractivity contribution in [2.45, 2.75) is 18.9 Å². The minimum absolute atomic E-state index is 0.0542. The average molecular weight is 265 g/mol. The van der Waals surface area contributed by atoms with Gasteiger partial charge in [0.2, 0.25) is 0 Å². The second kappa shape index (κ2) is 5.66. The molecule has 0 radical (unpaired) electrons. The van der Waals surface area contributed by atoms with Crippen molar-refractivity contribution in [3.63, 3.8) is 0 Å². The van der Waals surface area contributed by atoms with Gasteiger partial charge in [-0.25, -0.2) is 0 Å². The third-order valence-corrected chi connectivity index (χ3v) is 3.07. The molecule has 1 aliphatic heterocycles. The maximum absolute atomic E-state index is 11.9. The van der Waals surface area contributed by atoms with Crippen LogP contribution in [0.3, 0.4) is 0 Å². The van der Waals surface area contributed by atoms with Crippen LogP contribution < -0.4 is 10.6 Å².